The molecule has 0 unspecified atom stereocenters. The monoisotopic (exact) mass is 506 g/mol. The Balaban J connectivity index is 1.59. The second-order valence-corrected chi connectivity index (χ2v) is 10.5. The number of halogens is 1. The average Bonchev–Trinajstić information content (AvgIpc) is 2.86. The zero-order valence-corrected chi connectivity index (χ0v) is 20.2. The van der Waals surface area contributed by atoms with Crippen molar-refractivity contribution in [1.29, 1.82) is 0 Å². The zero-order valence-electron chi connectivity index (χ0n) is 18.6. The fourth-order valence-electron chi connectivity index (χ4n) is 3.40. The summed E-state index contributed by atoms with van der Waals surface area (Å²) in [6.45, 7) is 0. The molecule has 4 rings (SSSR count). The van der Waals surface area contributed by atoms with E-state index in [1.807, 2.05) is 72.8 Å². The summed E-state index contributed by atoms with van der Waals surface area (Å²) in [5.41, 5.74) is 1.37. The van der Waals surface area contributed by atoms with E-state index in [9.17, 15) is 17.6 Å². The summed E-state index contributed by atoms with van der Waals surface area (Å²) >= 11 is 1.49. The van der Waals surface area contributed by atoms with E-state index in [2.05, 4.69) is 10.0 Å². The molecule has 0 saturated carbocycles. The van der Waals surface area contributed by atoms with Crippen molar-refractivity contribution in [2.45, 2.75) is 27.1 Å². The maximum absolute atomic E-state index is 13.4. The van der Waals surface area contributed by atoms with Crippen LogP contribution in [0.2, 0.25) is 0 Å². The third-order valence-corrected chi connectivity index (χ3v) is 7.71. The van der Waals surface area contributed by atoms with Gasteiger partial charge in [-0.2, -0.15) is 4.72 Å². The number of hydrogen-bond donors (Lipinski definition) is 2. The van der Waals surface area contributed by atoms with Gasteiger partial charge in [-0.1, -0.05) is 72.4 Å². The molecule has 0 saturated heterocycles. The SMILES string of the molecule is O=C(Nc1ccccc1Sc1ccccc1)[C@@H](Cc1ccccc1)NS(=O)(=O)c1ccc(F)cc1. The Morgan fingerprint density at radius 3 is 2.09 bits per heavy atom. The van der Waals surface area contributed by atoms with E-state index < -0.39 is 27.8 Å². The van der Waals surface area contributed by atoms with Gasteiger partial charge in [0.1, 0.15) is 11.9 Å². The molecule has 8 heteroatoms. The van der Waals surface area contributed by atoms with Crippen molar-refractivity contribution in [3.63, 3.8) is 0 Å². The first-order valence-electron chi connectivity index (χ1n) is 10.9. The predicted molar refractivity (Wildman–Crippen MR) is 136 cm³/mol. The molecule has 1 atom stereocenters. The van der Waals surface area contributed by atoms with Crippen LogP contribution in [-0.4, -0.2) is 20.4 Å². The predicted octanol–water partition coefficient (Wildman–Crippen LogP) is 5.51. The molecule has 0 aromatic heterocycles. The molecule has 178 valence electrons. The lowest BCUT2D eigenvalue weighted by Gasteiger charge is -2.20. The van der Waals surface area contributed by atoms with Crippen LogP contribution in [0.5, 0.6) is 0 Å². The second-order valence-electron chi connectivity index (χ2n) is 7.72. The summed E-state index contributed by atoms with van der Waals surface area (Å²) in [7, 11) is -4.08. The van der Waals surface area contributed by atoms with Crippen LogP contribution in [-0.2, 0) is 21.2 Å². The molecule has 0 spiro atoms. The Labute approximate surface area is 208 Å². The first-order chi connectivity index (χ1) is 16.9. The van der Waals surface area contributed by atoms with Gasteiger partial charge in [0.2, 0.25) is 15.9 Å². The van der Waals surface area contributed by atoms with Crippen LogP contribution < -0.4 is 10.0 Å². The fraction of sp³-hybridized carbons (Fsp3) is 0.0741. The van der Waals surface area contributed by atoms with Crippen molar-refractivity contribution >= 4 is 33.4 Å². The number of benzene rings is 4. The molecule has 0 bridgehead atoms. The molecule has 0 heterocycles. The van der Waals surface area contributed by atoms with Crippen LogP contribution in [0.15, 0.2) is 124 Å². The van der Waals surface area contributed by atoms with Gasteiger partial charge in [0.25, 0.3) is 0 Å². The van der Waals surface area contributed by atoms with Crippen LogP contribution in [0.25, 0.3) is 0 Å². The number of sulfonamides is 1. The van der Waals surface area contributed by atoms with Gasteiger partial charge in [-0.3, -0.25) is 4.79 Å². The van der Waals surface area contributed by atoms with Gasteiger partial charge in [-0.25, -0.2) is 12.8 Å². The van der Waals surface area contributed by atoms with Crippen molar-refractivity contribution in [2.75, 3.05) is 5.32 Å². The summed E-state index contributed by atoms with van der Waals surface area (Å²) < 4.78 is 41.8. The Morgan fingerprint density at radius 2 is 1.40 bits per heavy atom. The molecule has 5 nitrogen and oxygen atoms in total. The Morgan fingerprint density at radius 1 is 0.800 bits per heavy atom. The highest BCUT2D eigenvalue weighted by molar-refractivity contribution is 7.99. The van der Waals surface area contributed by atoms with Gasteiger partial charge in [0.15, 0.2) is 0 Å². The van der Waals surface area contributed by atoms with Gasteiger partial charge in [-0.15, -0.1) is 0 Å². The standard InChI is InChI=1S/C27H23FN2O3S2/c28-21-15-17-23(18-16-21)35(32,33)30-25(19-20-9-3-1-4-10-20)27(31)29-24-13-7-8-14-26(24)34-22-11-5-2-6-12-22/h1-18,25,30H,19H2,(H,29,31)/t25-/m1/s1. The van der Waals surface area contributed by atoms with E-state index >= 15 is 0 Å². The molecule has 0 aliphatic heterocycles. The Kier molecular flexibility index (Phi) is 7.97. The summed E-state index contributed by atoms with van der Waals surface area (Å²) in [5, 5.41) is 2.89. The number of carbonyl (C=O) groups is 1. The first kappa shape index (κ1) is 24.7. The molecule has 1 amide bonds. The minimum Gasteiger partial charge on any atom is -0.324 e. The smallest absolute Gasteiger partial charge is 0.242 e. The highest BCUT2D eigenvalue weighted by atomic mass is 32.2. The third-order valence-electron chi connectivity index (χ3n) is 5.14. The van der Waals surface area contributed by atoms with Crippen LogP contribution >= 0.6 is 11.8 Å². The average molecular weight is 507 g/mol. The van der Waals surface area contributed by atoms with E-state index in [0.29, 0.717) is 5.69 Å². The van der Waals surface area contributed by atoms with Gasteiger partial charge in [0, 0.05) is 9.79 Å². The number of para-hydroxylation sites is 1. The first-order valence-corrected chi connectivity index (χ1v) is 13.2. The van der Waals surface area contributed by atoms with Crippen LogP contribution in [0, 0.1) is 5.82 Å². The number of rotatable bonds is 9. The highest BCUT2D eigenvalue weighted by Crippen LogP contribution is 2.33. The topological polar surface area (TPSA) is 75.3 Å². The molecule has 35 heavy (non-hydrogen) atoms. The van der Waals surface area contributed by atoms with Crippen molar-refractivity contribution < 1.29 is 17.6 Å². The lowest BCUT2D eigenvalue weighted by atomic mass is 10.1. The van der Waals surface area contributed by atoms with Crippen molar-refractivity contribution in [3.8, 4) is 0 Å². The van der Waals surface area contributed by atoms with Crippen molar-refractivity contribution in [2.24, 2.45) is 0 Å². The molecule has 4 aromatic rings. The Bertz CT molecular complexity index is 1380. The largest absolute Gasteiger partial charge is 0.324 e. The minimum atomic E-state index is -4.08. The quantitative estimate of drug-likeness (QED) is 0.314. The van der Waals surface area contributed by atoms with E-state index in [1.54, 1.807) is 12.1 Å². The highest BCUT2D eigenvalue weighted by Gasteiger charge is 2.27. The Hall–Kier alpha value is -3.46. The fourth-order valence-corrected chi connectivity index (χ4v) is 5.52. The lowest BCUT2D eigenvalue weighted by molar-refractivity contribution is -0.117. The maximum Gasteiger partial charge on any atom is 0.242 e. The molecule has 0 aliphatic rings. The molecule has 0 fully saturated rings. The normalized spacial score (nSPS) is 12.1. The van der Waals surface area contributed by atoms with Crippen LogP contribution in [0.4, 0.5) is 10.1 Å². The number of nitrogens with one attached hydrogen (secondary N) is 2. The van der Waals surface area contributed by atoms with E-state index in [1.165, 1.54) is 23.9 Å². The number of carbonyl (C=O) groups excluding carboxylic acids is 1. The van der Waals surface area contributed by atoms with Crippen LogP contribution in [0.3, 0.4) is 0 Å². The number of anilines is 1. The summed E-state index contributed by atoms with van der Waals surface area (Å²) in [6, 6.07) is 29.6. The van der Waals surface area contributed by atoms with Gasteiger partial charge >= 0.3 is 0 Å². The molecular weight excluding hydrogens is 483 g/mol. The van der Waals surface area contributed by atoms with Gasteiger partial charge in [-0.05, 0) is 60.5 Å². The molecule has 2 N–H and O–H groups in total. The number of hydrogen-bond acceptors (Lipinski definition) is 4. The third kappa shape index (κ3) is 6.79. The number of amides is 1. The molecule has 0 radical (unpaired) electrons. The lowest BCUT2D eigenvalue weighted by Crippen LogP contribution is -2.45. The summed E-state index contributed by atoms with van der Waals surface area (Å²) in [6.07, 6.45) is 0.140. The van der Waals surface area contributed by atoms with Crippen molar-refractivity contribution in [1.82, 2.24) is 4.72 Å². The second kappa shape index (κ2) is 11.3. The van der Waals surface area contributed by atoms with E-state index in [-0.39, 0.29) is 11.3 Å². The van der Waals surface area contributed by atoms with Crippen molar-refractivity contribution in [3.05, 3.63) is 121 Å². The van der Waals surface area contributed by atoms with Gasteiger partial charge in [0.05, 0.1) is 10.6 Å². The van der Waals surface area contributed by atoms with E-state index in [4.69, 9.17) is 0 Å². The van der Waals surface area contributed by atoms with Crippen LogP contribution in [0.1, 0.15) is 5.56 Å². The zero-order chi connectivity index (χ0) is 24.7. The van der Waals surface area contributed by atoms with E-state index in [0.717, 1.165) is 27.5 Å². The summed E-state index contributed by atoms with van der Waals surface area (Å²) in [4.78, 5) is 15.1. The van der Waals surface area contributed by atoms with Gasteiger partial charge < -0.3 is 5.32 Å². The molecule has 4 aromatic carbocycles. The summed E-state index contributed by atoms with van der Waals surface area (Å²) in [5.74, 6) is -1.05. The molecule has 0 aliphatic carbocycles. The maximum atomic E-state index is 13.4. The molecular formula is C27H23FN2O3S2. The minimum absolute atomic E-state index is 0.121.